The van der Waals surface area contributed by atoms with Gasteiger partial charge in [-0.25, -0.2) is 0 Å². The molecule has 2 N–H and O–H groups in total. The Morgan fingerprint density at radius 1 is 1.06 bits per heavy atom. The summed E-state index contributed by atoms with van der Waals surface area (Å²) in [5.41, 5.74) is 8.40. The number of hydrogen-bond acceptors (Lipinski definition) is 2. The number of halogens is 1. The van der Waals surface area contributed by atoms with E-state index in [9.17, 15) is 0 Å². The first-order valence-corrected chi connectivity index (χ1v) is 5.53. The standard InChI is InChI=1S/C13H13ClN2/c14-12-3-1-11(2-4-12)13(15)9-10-5-7-16-8-6-10/h1-8,13H,9,15H2. The summed E-state index contributed by atoms with van der Waals surface area (Å²) in [7, 11) is 0. The zero-order valence-electron chi connectivity index (χ0n) is 8.81. The molecule has 2 nitrogen and oxygen atoms in total. The lowest BCUT2D eigenvalue weighted by Gasteiger charge is -2.11. The fourth-order valence-electron chi connectivity index (χ4n) is 1.60. The highest BCUT2D eigenvalue weighted by Crippen LogP contribution is 2.18. The second kappa shape index (κ2) is 5.10. The van der Waals surface area contributed by atoms with E-state index in [0.717, 1.165) is 17.0 Å². The Bertz CT molecular complexity index is 439. The van der Waals surface area contributed by atoms with Crippen LogP contribution in [0.2, 0.25) is 5.02 Å². The van der Waals surface area contributed by atoms with Crippen LogP contribution < -0.4 is 5.73 Å². The van der Waals surface area contributed by atoms with Crippen molar-refractivity contribution in [3.8, 4) is 0 Å². The number of pyridine rings is 1. The summed E-state index contributed by atoms with van der Waals surface area (Å²) in [6.45, 7) is 0. The van der Waals surface area contributed by atoms with Gasteiger partial charge in [0.2, 0.25) is 0 Å². The molecule has 1 unspecified atom stereocenters. The van der Waals surface area contributed by atoms with Gasteiger partial charge in [-0.1, -0.05) is 23.7 Å². The molecule has 0 aliphatic rings. The quantitative estimate of drug-likeness (QED) is 0.884. The van der Waals surface area contributed by atoms with Crippen LogP contribution in [0.25, 0.3) is 0 Å². The molecule has 0 radical (unpaired) electrons. The van der Waals surface area contributed by atoms with Crippen molar-refractivity contribution in [2.45, 2.75) is 12.5 Å². The lowest BCUT2D eigenvalue weighted by molar-refractivity contribution is 0.721. The minimum Gasteiger partial charge on any atom is -0.324 e. The Hall–Kier alpha value is -1.38. The summed E-state index contributed by atoms with van der Waals surface area (Å²) >= 11 is 5.83. The molecule has 1 heterocycles. The first-order valence-electron chi connectivity index (χ1n) is 5.15. The summed E-state index contributed by atoms with van der Waals surface area (Å²) in [4.78, 5) is 3.98. The van der Waals surface area contributed by atoms with E-state index in [0.29, 0.717) is 0 Å². The van der Waals surface area contributed by atoms with E-state index in [1.807, 2.05) is 36.4 Å². The van der Waals surface area contributed by atoms with E-state index in [2.05, 4.69) is 4.98 Å². The van der Waals surface area contributed by atoms with Crippen LogP contribution in [0, 0.1) is 0 Å². The van der Waals surface area contributed by atoms with Crippen LogP contribution in [0.4, 0.5) is 0 Å². The Morgan fingerprint density at radius 2 is 1.69 bits per heavy atom. The van der Waals surface area contributed by atoms with Gasteiger partial charge in [-0.3, -0.25) is 4.98 Å². The first-order chi connectivity index (χ1) is 7.75. The molecule has 0 aliphatic heterocycles. The molecular weight excluding hydrogens is 220 g/mol. The van der Waals surface area contributed by atoms with Gasteiger partial charge >= 0.3 is 0 Å². The SMILES string of the molecule is NC(Cc1ccncc1)c1ccc(Cl)cc1. The fraction of sp³-hybridized carbons (Fsp3) is 0.154. The van der Waals surface area contributed by atoms with E-state index in [1.54, 1.807) is 12.4 Å². The van der Waals surface area contributed by atoms with Crippen molar-refractivity contribution in [2.24, 2.45) is 5.73 Å². The van der Waals surface area contributed by atoms with Crippen molar-refractivity contribution in [2.75, 3.05) is 0 Å². The number of aromatic nitrogens is 1. The fourth-order valence-corrected chi connectivity index (χ4v) is 1.73. The molecule has 82 valence electrons. The number of rotatable bonds is 3. The lowest BCUT2D eigenvalue weighted by Crippen LogP contribution is -2.13. The molecule has 0 saturated heterocycles. The largest absolute Gasteiger partial charge is 0.324 e. The van der Waals surface area contributed by atoms with E-state index >= 15 is 0 Å². The van der Waals surface area contributed by atoms with E-state index < -0.39 is 0 Å². The number of nitrogens with zero attached hydrogens (tertiary/aromatic N) is 1. The topological polar surface area (TPSA) is 38.9 Å². The molecule has 0 fully saturated rings. The summed E-state index contributed by atoms with van der Waals surface area (Å²) in [6, 6.07) is 11.6. The minimum absolute atomic E-state index is 0.000309. The van der Waals surface area contributed by atoms with Crippen molar-refractivity contribution >= 4 is 11.6 Å². The zero-order valence-corrected chi connectivity index (χ0v) is 9.56. The number of hydrogen-bond donors (Lipinski definition) is 1. The van der Waals surface area contributed by atoms with Gasteiger partial charge in [-0.15, -0.1) is 0 Å². The van der Waals surface area contributed by atoms with Gasteiger partial charge in [-0.05, 0) is 41.8 Å². The monoisotopic (exact) mass is 232 g/mol. The molecule has 0 amide bonds. The summed E-state index contributed by atoms with van der Waals surface area (Å²) in [6.07, 6.45) is 4.37. The number of nitrogens with two attached hydrogens (primary N) is 1. The second-order valence-corrected chi connectivity index (χ2v) is 4.15. The highest BCUT2D eigenvalue weighted by molar-refractivity contribution is 6.30. The third-order valence-electron chi connectivity index (χ3n) is 2.50. The molecule has 1 aromatic heterocycles. The van der Waals surface area contributed by atoms with Gasteiger partial charge < -0.3 is 5.73 Å². The minimum atomic E-state index is -0.000309. The van der Waals surface area contributed by atoms with Crippen molar-refractivity contribution in [3.63, 3.8) is 0 Å². The van der Waals surface area contributed by atoms with Crippen LogP contribution in [0.5, 0.6) is 0 Å². The van der Waals surface area contributed by atoms with Crippen LogP contribution in [0.1, 0.15) is 17.2 Å². The van der Waals surface area contributed by atoms with Crippen molar-refractivity contribution in [1.29, 1.82) is 0 Å². The molecule has 1 atom stereocenters. The normalized spacial score (nSPS) is 12.4. The van der Waals surface area contributed by atoms with Crippen LogP contribution in [-0.4, -0.2) is 4.98 Å². The van der Waals surface area contributed by atoms with E-state index in [1.165, 1.54) is 5.56 Å². The summed E-state index contributed by atoms with van der Waals surface area (Å²) in [5.74, 6) is 0. The van der Waals surface area contributed by atoms with Crippen LogP contribution >= 0.6 is 11.6 Å². The maximum Gasteiger partial charge on any atom is 0.0406 e. The predicted octanol–water partition coefficient (Wildman–Crippen LogP) is 2.98. The second-order valence-electron chi connectivity index (χ2n) is 3.72. The van der Waals surface area contributed by atoms with Crippen LogP contribution in [-0.2, 0) is 6.42 Å². The van der Waals surface area contributed by atoms with Gasteiger partial charge in [0.25, 0.3) is 0 Å². The average molecular weight is 233 g/mol. The van der Waals surface area contributed by atoms with Gasteiger partial charge in [0, 0.05) is 23.5 Å². The van der Waals surface area contributed by atoms with E-state index in [-0.39, 0.29) is 6.04 Å². The molecule has 0 saturated carbocycles. The van der Waals surface area contributed by atoms with Crippen molar-refractivity contribution in [1.82, 2.24) is 4.98 Å². The first kappa shape index (κ1) is 11.1. The summed E-state index contributed by atoms with van der Waals surface area (Å²) < 4.78 is 0. The molecule has 0 spiro atoms. The molecule has 0 bridgehead atoms. The Morgan fingerprint density at radius 3 is 2.31 bits per heavy atom. The maximum absolute atomic E-state index is 6.11. The molecule has 1 aromatic carbocycles. The molecule has 3 heteroatoms. The molecule has 2 rings (SSSR count). The van der Waals surface area contributed by atoms with Crippen LogP contribution in [0.3, 0.4) is 0 Å². The van der Waals surface area contributed by atoms with E-state index in [4.69, 9.17) is 17.3 Å². The maximum atomic E-state index is 6.11. The molecular formula is C13H13ClN2. The predicted molar refractivity (Wildman–Crippen MR) is 66.3 cm³/mol. The lowest BCUT2D eigenvalue weighted by atomic mass is 10.0. The average Bonchev–Trinajstić information content (AvgIpc) is 2.31. The van der Waals surface area contributed by atoms with Crippen molar-refractivity contribution < 1.29 is 0 Å². The Labute approximate surface area is 100 Å². The molecule has 0 aliphatic carbocycles. The summed E-state index contributed by atoms with van der Waals surface area (Å²) in [5, 5.41) is 0.736. The third kappa shape index (κ3) is 2.81. The van der Waals surface area contributed by atoms with Crippen molar-refractivity contribution in [3.05, 3.63) is 64.9 Å². The molecule has 2 aromatic rings. The van der Waals surface area contributed by atoms with Gasteiger partial charge in [-0.2, -0.15) is 0 Å². The van der Waals surface area contributed by atoms with Gasteiger partial charge in [0.15, 0.2) is 0 Å². The Kier molecular flexibility index (Phi) is 3.54. The highest BCUT2D eigenvalue weighted by Gasteiger charge is 2.06. The van der Waals surface area contributed by atoms with Gasteiger partial charge in [0.05, 0.1) is 0 Å². The van der Waals surface area contributed by atoms with Gasteiger partial charge in [0.1, 0.15) is 0 Å². The zero-order chi connectivity index (χ0) is 11.4. The third-order valence-corrected chi connectivity index (χ3v) is 2.76. The smallest absolute Gasteiger partial charge is 0.0406 e. The highest BCUT2D eigenvalue weighted by atomic mass is 35.5. The number of benzene rings is 1. The Balaban J connectivity index is 2.09. The van der Waals surface area contributed by atoms with Crippen LogP contribution in [0.15, 0.2) is 48.8 Å². The molecule has 16 heavy (non-hydrogen) atoms.